The summed E-state index contributed by atoms with van der Waals surface area (Å²) in [5, 5.41) is 6.34. The normalized spacial score (nSPS) is 17.3. The molecule has 0 N–H and O–H groups in total. The van der Waals surface area contributed by atoms with Gasteiger partial charge in [0.25, 0.3) is 0 Å². The van der Waals surface area contributed by atoms with E-state index in [2.05, 4.69) is 28.3 Å². The molecule has 1 fully saturated rings. The molecule has 0 atom stereocenters. The second-order valence-corrected chi connectivity index (χ2v) is 4.99. The van der Waals surface area contributed by atoms with Crippen molar-refractivity contribution < 1.29 is 9.47 Å². The molecule has 3 heterocycles. The van der Waals surface area contributed by atoms with Crippen LogP contribution in [0.4, 0.5) is 0 Å². The van der Waals surface area contributed by atoms with Gasteiger partial charge in [0.1, 0.15) is 0 Å². The van der Waals surface area contributed by atoms with E-state index in [0.29, 0.717) is 13.2 Å². The minimum absolute atomic E-state index is 0.161. The number of rotatable bonds is 2. The van der Waals surface area contributed by atoms with Crippen molar-refractivity contribution in [3.05, 3.63) is 33.8 Å². The third-order valence-electron chi connectivity index (χ3n) is 2.35. The third kappa shape index (κ3) is 1.74. The van der Waals surface area contributed by atoms with Crippen molar-refractivity contribution in [3.8, 4) is 10.4 Å². The van der Waals surface area contributed by atoms with Gasteiger partial charge in [0.15, 0.2) is 6.29 Å². The fourth-order valence-corrected chi connectivity index (χ4v) is 3.31. The third-order valence-corrected chi connectivity index (χ3v) is 4.02. The lowest BCUT2D eigenvalue weighted by Crippen LogP contribution is -1.97. The van der Waals surface area contributed by atoms with Crippen molar-refractivity contribution in [1.82, 2.24) is 0 Å². The van der Waals surface area contributed by atoms with Crippen LogP contribution < -0.4 is 0 Å². The largest absolute Gasteiger partial charge is 0.346 e. The van der Waals surface area contributed by atoms with E-state index in [1.54, 1.807) is 22.7 Å². The first-order valence-electron chi connectivity index (χ1n) is 4.78. The number of thiophene rings is 2. The Labute approximate surface area is 96.1 Å². The molecule has 0 aliphatic carbocycles. The Morgan fingerprint density at radius 3 is 2.73 bits per heavy atom. The molecule has 0 unspecified atom stereocenters. The summed E-state index contributed by atoms with van der Waals surface area (Å²) in [7, 11) is 0. The standard InChI is InChI=1S/C11H10O2S2/c1-5-14-7-8(1)10-9(2-6-15-10)11-12-3-4-13-11/h1-2,5-7,11H,3-4H2. The maximum absolute atomic E-state index is 5.52. The fourth-order valence-electron chi connectivity index (χ4n) is 1.67. The molecule has 0 radical (unpaired) electrons. The number of hydrogen-bond acceptors (Lipinski definition) is 4. The van der Waals surface area contributed by atoms with Gasteiger partial charge in [-0.1, -0.05) is 0 Å². The van der Waals surface area contributed by atoms with Gasteiger partial charge in [-0.15, -0.1) is 11.3 Å². The molecule has 2 nitrogen and oxygen atoms in total. The minimum atomic E-state index is -0.161. The monoisotopic (exact) mass is 238 g/mol. The summed E-state index contributed by atoms with van der Waals surface area (Å²) < 4.78 is 11.0. The van der Waals surface area contributed by atoms with E-state index < -0.39 is 0 Å². The van der Waals surface area contributed by atoms with Crippen LogP contribution in [0.5, 0.6) is 0 Å². The fraction of sp³-hybridized carbons (Fsp3) is 0.273. The zero-order valence-electron chi connectivity index (χ0n) is 8.01. The lowest BCUT2D eigenvalue weighted by atomic mass is 10.2. The molecule has 1 saturated heterocycles. The SMILES string of the molecule is c1cc(-c2sccc2C2OCCO2)cs1. The second kappa shape index (κ2) is 4.06. The van der Waals surface area contributed by atoms with Gasteiger partial charge in [-0.05, 0) is 28.3 Å². The Hall–Kier alpha value is -0.680. The molecule has 3 rings (SSSR count). The first kappa shape index (κ1) is 9.54. The predicted molar refractivity (Wildman–Crippen MR) is 62.3 cm³/mol. The van der Waals surface area contributed by atoms with Crippen LogP contribution in [0.25, 0.3) is 10.4 Å². The summed E-state index contributed by atoms with van der Waals surface area (Å²) in [5.41, 5.74) is 2.43. The van der Waals surface area contributed by atoms with Crippen LogP contribution in [0.1, 0.15) is 11.9 Å². The Morgan fingerprint density at radius 1 is 1.13 bits per heavy atom. The van der Waals surface area contributed by atoms with Gasteiger partial charge in [-0.25, -0.2) is 0 Å². The van der Waals surface area contributed by atoms with Crippen molar-refractivity contribution in [2.75, 3.05) is 13.2 Å². The first-order valence-corrected chi connectivity index (χ1v) is 6.60. The van der Waals surface area contributed by atoms with Crippen molar-refractivity contribution >= 4 is 22.7 Å². The van der Waals surface area contributed by atoms with Crippen LogP contribution in [0.15, 0.2) is 28.3 Å². The molecule has 1 aliphatic rings. The van der Waals surface area contributed by atoms with Gasteiger partial charge in [-0.2, -0.15) is 11.3 Å². The highest BCUT2D eigenvalue weighted by molar-refractivity contribution is 7.14. The van der Waals surface area contributed by atoms with E-state index in [4.69, 9.17) is 9.47 Å². The average Bonchev–Trinajstić information content (AvgIpc) is 3.01. The van der Waals surface area contributed by atoms with Crippen molar-refractivity contribution in [3.63, 3.8) is 0 Å². The molecule has 0 saturated carbocycles. The Bertz CT molecular complexity index is 427. The average molecular weight is 238 g/mol. The van der Waals surface area contributed by atoms with E-state index >= 15 is 0 Å². The number of hydrogen-bond donors (Lipinski definition) is 0. The van der Waals surface area contributed by atoms with Gasteiger partial charge in [-0.3, -0.25) is 0 Å². The molecule has 78 valence electrons. The van der Waals surface area contributed by atoms with Crippen molar-refractivity contribution in [2.45, 2.75) is 6.29 Å². The molecule has 0 spiro atoms. The highest BCUT2D eigenvalue weighted by Crippen LogP contribution is 2.37. The van der Waals surface area contributed by atoms with Crippen LogP contribution in [0, 0.1) is 0 Å². The quantitative estimate of drug-likeness (QED) is 0.797. The van der Waals surface area contributed by atoms with Crippen LogP contribution in [0.3, 0.4) is 0 Å². The van der Waals surface area contributed by atoms with Gasteiger partial charge < -0.3 is 9.47 Å². The molecular weight excluding hydrogens is 228 g/mol. The summed E-state index contributed by atoms with van der Waals surface area (Å²) >= 11 is 3.45. The topological polar surface area (TPSA) is 18.5 Å². The highest BCUT2D eigenvalue weighted by Gasteiger charge is 2.22. The van der Waals surface area contributed by atoms with E-state index in [9.17, 15) is 0 Å². The van der Waals surface area contributed by atoms with Crippen LogP contribution in [-0.4, -0.2) is 13.2 Å². The van der Waals surface area contributed by atoms with Crippen molar-refractivity contribution in [1.29, 1.82) is 0 Å². The molecule has 2 aromatic rings. The molecule has 0 aromatic carbocycles. The predicted octanol–water partition coefficient (Wildman–Crippen LogP) is 3.52. The summed E-state index contributed by atoms with van der Waals surface area (Å²) in [6, 6.07) is 4.22. The minimum Gasteiger partial charge on any atom is -0.346 e. The summed E-state index contributed by atoms with van der Waals surface area (Å²) in [6.45, 7) is 1.40. The van der Waals surface area contributed by atoms with E-state index in [-0.39, 0.29) is 6.29 Å². The van der Waals surface area contributed by atoms with Crippen LogP contribution in [-0.2, 0) is 9.47 Å². The highest BCUT2D eigenvalue weighted by atomic mass is 32.1. The summed E-state index contributed by atoms with van der Waals surface area (Å²) in [5.74, 6) is 0. The molecule has 1 aliphatic heterocycles. The molecular formula is C11H10O2S2. The van der Waals surface area contributed by atoms with E-state index in [1.807, 2.05) is 0 Å². The Morgan fingerprint density at radius 2 is 2.00 bits per heavy atom. The Kier molecular flexibility index (Phi) is 2.58. The molecule has 2 aromatic heterocycles. The lowest BCUT2D eigenvalue weighted by molar-refractivity contribution is -0.0434. The zero-order valence-corrected chi connectivity index (χ0v) is 9.64. The lowest BCUT2D eigenvalue weighted by Gasteiger charge is -2.09. The van der Waals surface area contributed by atoms with E-state index in [1.165, 1.54) is 10.4 Å². The van der Waals surface area contributed by atoms with Crippen LogP contribution in [0.2, 0.25) is 0 Å². The maximum Gasteiger partial charge on any atom is 0.185 e. The van der Waals surface area contributed by atoms with Crippen LogP contribution >= 0.6 is 22.7 Å². The van der Waals surface area contributed by atoms with Gasteiger partial charge in [0, 0.05) is 16.0 Å². The zero-order chi connectivity index (χ0) is 10.1. The Balaban J connectivity index is 1.98. The van der Waals surface area contributed by atoms with Gasteiger partial charge in [0.05, 0.1) is 13.2 Å². The molecule has 0 bridgehead atoms. The number of ether oxygens (including phenoxy) is 2. The molecule has 15 heavy (non-hydrogen) atoms. The smallest absolute Gasteiger partial charge is 0.185 e. The molecule has 0 amide bonds. The summed E-state index contributed by atoms with van der Waals surface area (Å²) in [6.07, 6.45) is -0.161. The van der Waals surface area contributed by atoms with Crippen molar-refractivity contribution in [2.24, 2.45) is 0 Å². The summed E-state index contributed by atoms with van der Waals surface area (Å²) in [4.78, 5) is 1.27. The van der Waals surface area contributed by atoms with Gasteiger partial charge in [0.2, 0.25) is 0 Å². The maximum atomic E-state index is 5.52. The molecule has 4 heteroatoms. The van der Waals surface area contributed by atoms with E-state index in [0.717, 1.165) is 5.56 Å². The van der Waals surface area contributed by atoms with Gasteiger partial charge >= 0.3 is 0 Å². The second-order valence-electron chi connectivity index (χ2n) is 3.29. The first-order chi connectivity index (χ1) is 7.45.